The van der Waals surface area contributed by atoms with Gasteiger partial charge in [0.05, 0.1) is 9.95 Å². The Kier molecular flexibility index (Phi) is 5.90. The first-order valence-corrected chi connectivity index (χ1v) is 9.15. The molecule has 3 aromatic rings. The van der Waals surface area contributed by atoms with E-state index in [1.165, 1.54) is 24.3 Å². The number of nitrogens with one attached hydrogen (secondary N) is 2. The Morgan fingerprint density at radius 2 is 2.21 bits per heavy atom. The summed E-state index contributed by atoms with van der Waals surface area (Å²) in [4.78, 5) is 22.6. The SMILES string of the molecule is CCc1n[nH]c(=S)n1CCNC(=O)c1ccc(-c2ccc([N+](=O)[O-])cc2Cl)o1. The molecule has 11 heteroatoms. The normalized spacial score (nSPS) is 10.8. The minimum absolute atomic E-state index is 0.107. The zero-order chi connectivity index (χ0) is 20.3. The van der Waals surface area contributed by atoms with E-state index in [-0.39, 0.29) is 16.5 Å². The zero-order valence-corrected chi connectivity index (χ0v) is 16.3. The van der Waals surface area contributed by atoms with Gasteiger partial charge in [0.25, 0.3) is 11.6 Å². The standard InChI is InChI=1S/C17H16ClN5O4S/c1-2-15-20-21-17(28)22(15)8-7-19-16(24)14-6-5-13(27-14)11-4-3-10(23(25)26)9-12(11)18/h3-6,9H,2,7-8H2,1H3,(H,19,24)(H,21,28). The smallest absolute Gasteiger partial charge is 0.287 e. The van der Waals surface area contributed by atoms with Gasteiger partial charge < -0.3 is 14.3 Å². The van der Waals surface area contributed by atoms with E-state index in [4.69, 9.17) is 28.2 Å². The molecule has 3 rings (SSSR count). The summed E-state index contributed by atoms with van der Waals surface area (Å²) in [5.41, 5.74) is 0.339. The van der Waals surface area contributed by atoms with Crippen LogP contribution in [0.15, 0.2) is 34.7 Å². The molecule has 146 valence electrons. The maximum absolute atomic E-state index is 12.3. The quantitative estimate of drug-likeness (QED) is 0.340. The topological polar surface area (TPSA) is 119 Å². The molecule has 0 aliphatic heterocycles. The third-order valence-corrected chi connectivity index (χ3v) is 4.66. The van der Waals surface area contributed by atoms with Crippen molar-refractivity contribution in [2.24, 2.45) is 0 Å². The lowest BCUT2D eigenvalue weighted by Gasteiger charge is -2.06. The molecule has 0 aliphatic rings. The maximum atomic E-state index is 12.3. The van der Waals surface area contributed by atoms with Crippen LogP contribution in [0.3, 0.4) is 0 Å². The molecule has 0 aliphatic carbocycles. The van der Waals surface area contributed by atoms with Gasteiger partial charge in [-0.2, -0.15) is 5.10 Å². The Balaban J connectivity index is 1.66. The molecular formula is C17H16ClN5O4S. The number of aryl methyl sites for hydroxylation is 1. The molecule has 0 unspecified atom stereocenters. The monoisotopic (exact) mass is 421 g/mol. The van der Waals surface area contributed by atoms with Crippen LogP contribution in [-0.2, 0) is 13.0 Å². The summed E-state index contributed by atoms with van der Waals surface area (Å²) in [6.45, 7) is 2.79. The van der Waals surface area contributed by atoms with Gasteiger partial charge in [-0.05, 0) is 30.4 Å². The summed E-state index contributed by atoms with van der Waals surface area (Å²) >= 11 is 11.3. The highest BCUT2D eigenvalue weighted by Crippen LogP contribution is 2.32. The lowest BCUT2D eigenvalue weighted by Crippen LogP contribution is -2.27. The van der Waals surface area contributed by atoms with Gasteiger partial charge in [-0.1, -0.05) is 18.5 Å². The Labute approximate surface area is 169 Å². The summed E-state index contributed by atoms with van der Waals surface area (Å²) in [5, 5.41) is 20.6. The second-order valence-electron chi connectivity index (χ2n) is 5.79. The van der Waals surface area contributed by atoms with Crippen LogP contribution in [0.4, 0.5) is 5.69 Å². The average molecular weight is 422 g/mol. The summed E-state index contributed by atoms with van der Waals surface area (Å²) in [5.74, 6) is 0.871. The van der Waals surface area contributed by atoms with Gasteiger partial charge in [-0.25, -0.2) is 0 Å². The fourth-order valence-electron chi connectivity index (χ4n) is 2.64. The Morgan fingerprint density at radius 3 is 2.89 bits per heavy atom. The van der Waals surface area contributed by atoms with Crippen molar-refractivity contribution in [2.45, 2.75) is 19.9 Å². The van der Waals surface area contributed by atoms with Crippen LogP contribution >= 0.6 is 23.8 Å². The van der Waals surface area contributed by atoms with Crippen LogP contribution in [-0.4, -0.2) is 32.1 Å². The van der Waals surface area contributed by atoms with E-state index in [1.54, 1.807) is 6.07 Å². The molecule has 0 fully saturated rings. The van der Waals surface area contributed by atoms with Gasteiger partial charge in [0.1, 0.15) is 11.6 Å². The van der Waals surface area contributed by atoms with E-state index in [1.807, 2.05) is 11.5 Å². The van der Waals surface area contributed by atoms with E-state index >= 15 is 0 Å². The fourth-order valence-corrected chi connectivity index (χ4v) is 3.15. The predicted molar refractivity (Wildman–Crippen MR) is 105 cm³/mol. The number of non-ortho nitro benzene ring substituents is 1. The van der Waals surface area contributed by atoms with Crippen molar-refractivity contribution in [3.8, 4) is 11.3 Å². The van der Waals surface area contributed by atoms with Gasteiger partial charge in [-0.15, -0.1) is 0 Å². The number of carbonyl (C=O) groups is 1. The molecule has 28 heavy (non-hydrogen) atoms. The number of carbonyl (C=O) groups excluding carboxylic acids is 1. The number of amides is 1. The number of rotatable bonds is 7. The summed E-state index contributed by atoms with van der Waals surface area (Å²) < 4.78 is 7.88. The molecular weight excluding hydrogens is 406 g/mol. The van der Waals surface area contributed by atoms with Gasteiger partial charge in [0, 0.05) is 37.2 Å². The highest BCUT2D eigenvalue weighted by molar-refractivity contribution is 7.71. The minimum Gasteiger partial charge on any atom is -0.451 e. The minimum atomic E-state index is -0.535. The lowest BCUT2D eigenvalue weighted by molar-refractivity contribution is -0.384. The molecule has 0 atom stereocenters. The second kappa shape index (κ2) is 8.36. The van der Waals surface area contributed by atoms with Crippen LogP contribution in [0, 0.1) is 14.9 Å². The van der Waals surface area contributed by atoms with Crippen molar-refractivity contribution in [3.63, 3.8) is 0 Å². The lowest BCUT2D eigenvalue weighted by atomic mass is 10.1. The van der Waals surface area contributed by atoms with Gasteiger partial charge in [-0.3, -0.25) is 20.0 Å². The average Bonchev–Trinajstić information content (AvgIpc) is 3.29. The molecule has 0 bridgehead atoms. The van der Waals surface area contributed by atoms with Crippen molar-refractivity contribution < 1.29 is 14.1 Å². The van der Waals surface area contributed by atoms with E-state index in [0.717, 1.165) is 12.2 Å². The van der Waals surface area contributed by atoms with E-state index in [2.05, 4.69) is 15.5 Å². The summed E-state index contributed by atoms with van der Waals surface area (Å²) in [6, 6.07) is 7.14. The maximum Gasteiger partial charge on any atom is 0.287 e. The first kappa shape index (κ1) is 19.8. The molecule has 2 aromatic heterocycles. The van der Waals surface area contributed by atoms with E-state index < -0.39 is 10.8 Å². The number of nitro groups is 1. The second-order valence-corrected chi connectivity index (χ2v) is 6.59. The molecule has 0 saturated heterocycles. The number of hydrogen-bond acceptors (Lipinski definition) is 6. The molecule has 0 radical (unpaired) electrons. The Bertz CT molecular complexity index is 1090. The van der Waals surface area contributed by atoms with E-state index in [0.29, 0.717) is 29.2 Å². The largest absolute Gasteiger partial charge is 0.451 e. The molecule has 1 amide bonds. The van der Waals surface area contributed by atoms with Gasteiger partial charge in [0.2, 0.25) is 0 Å². The number of aromatic amines is 1. The number of H-pyrrole nitrogens is 1. The number of nitro benzene ring substituents is 1. The number of aromatic nitrogens is 3. The zero-order valence-electron chi connectivity index (χ0n) is 14.8. The van der Waals surface area contributed by atoms with Crippen molar-refractivity contribution >= 4 is 35.4 Å². The van der Waals surface area contributed by atoms with Gasteiger partial charge >= 0.3 is 0 Å². The van der Waals surface area contributed by atoms with Crippen molar-refractivity contribution in [2.75, 3.05) is 6.54 Å². The Hall–Kier alpha value is -2.98. The highest BCUT2D eigenvalue weighted by Gasteiger charge is 2.16. The molecule has 2 N–H and O–H groups in total. The third-order valence-electron chi connectivity index (χ3n) is 4.03. The van der Waals surface area contributed by atoms with Crippen LogP contribution in [0.5, 0.6) is 0 Å². The van der Waals surface area contributed by atoms with Crippen LogP contribution in [0.25, 0.3) is 11.3 Å². The number of nitrogens with zero attached hydrogens (tertiary/aromatic N) is 3. The fraction of sp³-hybridized carbons (Fsp3) is 0.235. The number of furan rings is 1. The first-order chi connectivity index (χ1) is 13.4. The van der Waals surface area contributed by atoms with Gasteiger partial charge in [0.15, 0.2) is 10.5 Å². The Morgan fingerprint density at radius 1 is 1.43 bits per heavy atom. The number of hydrogen-bond donors (Lipinski definition) is 2. The molecule has 0 spiro atoms. The van der Waals surface area contributed by atoms with Crippen LogP contribution in [0.2, 0.25) is 5.02 Å². The highest BCUT2D eigenvalue weighted by atomic mass is 35.5. The van der Waals surface area contributed by atoms with E-state index in [9.17, 15) is 14.9 Å². The predicted octanol–water partition coefficient (Wildman–Crippen LogP) is 3.75. The summed E-state index contributed by atoms with van der Waals surface area (Å²) in [6.07, 6.45) is 0.721. The number of benzene rings is 1. The van der Waals surface area contributed by atoms with Crippen molar-refractivity contribution in [1.82, 2.24) is 20.1 Å². The van der Waals surface area contributed by atoms with Crippen molar-refractivity contribution in [3.05, 3.63) is 61.8 Å². The van der Waals surface area contributed by atoms with Crippen LogP contribution in [0.1, 0.15) is 23.3 Å². The molecule has 1 aromatic carbocycles. The molecule has 2 heterocycles. The van der Waals surface area contributed by atoms with Crippen LogP contribution < -0.4 is 5.32 Å². The molecule has 0 saturated carbocycles. The first-order valence-electron chi connectivity index (χ1n) is 8.37. The number of halogens is 1. The molecule has 9 nitrogen and oxygen atoms in total. The summed E-state index contributed by atoms with van der Waals surface area (Å²) in [7, 11) is 0. The van der Waals surface area contributed by atoms with Crippen molar-refractivity contribution in [1.29, 1.82) is 0 Å². The third kappa shape index (κ3) is 4.12.